The van der Waals surface area contributed by atoms with E-state index in [4.69, 9.17) is 0 Å². The summed E-state index contributed by atoms with van der Waals surface area (Å²) in [5.41, 5.74) is 0.769. The number of carbonyl (C=O) groups is 1. The number of fused-ring (bicyclic) bond motifs is 1. The molecule has 2 N–H and O–H groups in total. The van der Waals surface area contributed by atoms with E-state index in [0.29, 0.717) is 5.69 Å². The molecule has 3 aromatic rings. The number of nitrogens with one attached hydrogen (secondary N) is 2. The molecular weight excluding hydrogens is 319 g/mol. The minimum absolute atomic E-state index is 0.259. The fourth-order valence-electron chi connectivity index (χ4n) is 2.18. The van der Waals surface area contributed by atoms with Crippen molar-refractivity contribution in [2.45, 2.75) is 6.18 Å². The van der Waals surface area contributed by atoms with Gasteiger partial charge in [-0.1, -0.05) is 18.2 Å². The van der Waals surface area contributed by atoms with Crippen molar-refractivity contribution < 1.29 is 18.0 Å². The number of benzene rings is 2. The van der Waals surface area contributed by atoms with Crippen molar-refractivity contribution >= 4 is 28.3 Å². The highest BCUT2D eigenvalue weighted by Gasteiger charge is 2.29. The van der Waals surface area contributed by atoms with E-state index in [1.54, 1.807) is 6.07 Å². The number of alkyl halides is 3. The maximum atomic E-state index is 12.5. The van der Waals surface area contributed by atoms with E-state index < -0.39 is 17.8 Å². The molecule has 0 fully saturated rings. The fraction of sp³-hybridized carbons (Fsp3) is 0.0588. The van der Waals surface area contributed by atoms with Gasteiger partial charge in [0.25, 0.3) is 0 Å². The van der Waals surface area contributed by atoms with Gasteiger partial charge < -0.3 is 10.6 Å². The van der Waals surface area contributed by atoms with Gasteiger partial charge >= 0.3 is 12.2 Å². The molecule has 0 unspecified atom stereocenters. The molecule has 4 nitrogen and oxygen atoms in total. The standard InChI is InChI=1S/C17H12F3N3O/c18-17(19,20)12-5-7-13(8-6-12)22-16(24)23-14-9-11-3-1-2-4-15(11)21-10-14/h1-10H,(H2,22,23,24). The molecule has 1 aromatic heterocycles. The number of urea groups is 1. The van der Waals surface area contributed by atoms with Crippen LogP contribution >= 0.6 is 0 Å². The Bertz CT molecular complexity index is 876. The Morgan fingerprint density at radius 3 is 2.29 bits per heavy atom. The Morgan fingerprint density at radius 2 is 1.58 bits per heavy atom. The zero-order chi connectivity index (χ0) is 17.2. The molecule has 24 heavy (non-hydrogen) atoms. The Morgan fingerprint density at radius 1 is 0.917 bits per heavy atom. The van der Waals surface area contributed by atoms with Crippen LogP contribution in [-0.2, 0) is 6.18 Å². The van der Waals surface area contributed by atoms with E-state index in [1.165, 1.54) is 18.3 Å². The molecule has 0 spiro atoms. The second-order valence-corrected chi connectivity index (χ2v) is 5.07. The molecule has 1 heterocycles. The first-order valence-electron chi connectivity index (χ1n) is 7.02. The van der Waals surface area contributed by atoms with Gasteiger partial charge in [-0.2, -0.15) is 13.2 Å². The molecule has 2 aromatic carbocycles. The summed E-state index contributed by atoms with van der Waals surface area (Å²) in [5, 5.41) is 5.93. The van der Waals surface area contributed by atoms with E-state index >= 15 is 0 Å². The summed E-state index contributed by atoms with van der Waals surface area (Å²) in [5.74, 6) is 0. The molecule has 0 atom stereocenters. The number of hydrogen-bond donors (Lipinski definition) is 2. The van der Waals surface area contributed by atoms with Crippen LogP contribution in [0.1, 0.15) is 5.56 Å². The summed E-state index contributed by atoms with van der Waals surface area (Å²) in [6.07, 6.45) is -2.90. The lowest BCUT2D eigenvalue weighted by Gasteiger charge is -2.10. The smallest absolute Gasteiger partial charge is 0.308 e. The summed E-state index contributed by atoms with van der Waals surface area (Å²) in [7, 11) is 0. The van der Waals surface area contributed by atoms with Gasteiger partial charge in [0.15, 0.2) is 0 Å². The van der Waals surface area contributed by atoms with Gasteiger partial charge in [0.1, 0.15) is 0 Å². The van der Waals surface area contributed by atoms with Crippen molar-refractivity contribution in [3.8, 4) is 0 Å². The number of amides is 2. The average molecular weight is 331 g/mol. The molecule has 0 radical (unpaired) electrons. The monoisotopic (exact) mass is 331 g/mol. The SMILES string of the molecule is O=C(Nc1ccc(C(F)(F)F)cc1)Nc1cnc2ccccc2c1. The number of nitrogens with zero attached hydrogens (tertiary/aromatic N) is 1. The summed E-state index contributed by atoms with van der Waals surface area (Å²) < 4.78 is 37.5. The number of carbonyl (C=O) groups excluding carboxylic acids is 1. The lowest BCUT2D eigenvalue weighted by molar-refractivity contribution is -0.137. The summed E-state index contributed by atoms with van der Waals surface area (Å²) in [6.45, 7) is 0. The van der Waals surface area contributed by atoms with E-state index in [9.17, 15) is 18.0 Å². The summed E-state index contributed by atoms with van der Waals surface area (Å²) in [4.78, 5) is 16.1. The largest absolute Gasteiger partial charge is 0.416 e. The maximum Gasteiger partial charge on any atom is 0.416 e. The van der Waals surface area contributed by atoms with Crippen LogP contribution in [0.4, 0.5) is 29.3 Å². The van der Waals surface area contributed by atoms with E-state index in [-0.39, 0.29) is 5.69 Å². The van der Waals surface area contributed by atoms with Gasteiger partial charge in [-0.15, -0.1) is 0 Å². The number of rotatable bonds is 2. The molecule has 3 rings (SSSR count). The van der Waals surface area contributed by atoms with Crippen molar-refractivity contribution in [1.82, 2.24) is 4.98 Å². The molecule has 0 aliphatic rings. The van der Waals surface area contributed by atoms with E-state index in [1.807, 2.05) is 24.3 Å². The highest BCUT2D eigenvalue weighted by atomic mass is 19.4. The average Bonchev–Trinajstić information content (AvgIpc) is 2.54. The Labute approximate surface area is 135 Å². The number of pyridine rings is 1. The molecule has 7 heteroatoms. The third-order valence-electron chi connectivity index (χ3n) is 3.32. The highest BCUT2D eigenvalue weighted by molar-refractivity contribution is 6.00. The number of para-hydroxylation sites is 1. The van der Waals surface area contributed by atoms with Crippen molar-refractivity contribution in [3.63, 3.8) is 0 Å². The molecule has 0 bridgehead atoms. The van der Waals surface area contributed by atoms with Crippen LogP contribution in [0.15, 0.2) is 60.8 Å². The van der Waals surface area contributed by atoms with Gasteiger partial charge in [-0.05, 0) is 36.4 Å². The van der Waals surface area contributed by atoms with Crippen LogP contribution < -0.4 is 10.6 Å². The van der Waals surface area contributed by atoms with Gasteiger partial charge in [0.05, 0.1) is 23.0 Å². The fourth-order valence-corrected chi connectivity index (χ4v) is 2.18. The molecule has 0 aliphatic heterocycles. The van der Waals surface area contributed by atoms with Crippen LogP contribution in [0.2, 0.25) is 0 Å². The topological polar surface area (TPSA) is 54.0 Å². The molecular formula is C17H12F3N3O. The van der Waals surface area contributed by atoms with Crippen molar-refractivity contribution in [1.29, 1.82) is 0 Å². The minimum atomic E-state index is -4.41. The second-order valence-electron chi connectivity index (χ2n) is 5.07. The lowest BCUT2D eigenvalue weighted by Crippen LogP contribution is -2.19. The first-order valence-corrected chi connectivity index (χ1v) is 7.02. The van der Waals surface area contributed by atoms with Crippen LogP contribution in [0.25, 0.3) is 10.9 Å². The highest BCUT2D eigenvalue weighted by Crippen LogP contribution is 2.29. The van der Waals surface area contributed by atoms with Crippen LogP contribution in [0.5, 0.6) is 0 Å². The first kappa shape index (κ1) is 15.8. The molecule has 2 amide bonds. The van der Waals surface area contributed by atoms with Crippen LogP contribution in [0, 0.1) is 0 Å². The first-order chi connectivity index (χ1) is 11.4. The molecule has 0 aliphatic carbocycles. The minimum Gasteiger partial charge on any atom is -0.308 e. The predicted octanol–water partition coefficient (Wildman–Crippen LogP) is 4.90. The number of hydrogen-bond acceptors (Lipinski definition) is 2. The van der Waals surface area contributed by atoms with Gasteiger partial charge in [0, 0.05) is 11.1 Å². The van der Waals surface area contributed by atoms with Crippen LogP contribution in [-0.4, -0.2) is 11.0 Å². The van der Waals surface area contributed by atoms with E-state index in [0.717, 1.165) is 23.0 Å². The van der Waals surface area contributed by atoms with Crippen LogP contribution in [0.3, 0.4) is 0 Å². The third-order valence-corrected chi connectivity index (χ3v) is 3.32. The molecule has 0 saturated heterocycles. The zero-order valence-electron chi connectivity index (χ0n) is 12.3. The van der Waals surface area contributed by atoms with E-state index in [2.05, 4.69) is 15.6 Å². The van der Waals surface area contributed by atoms with Crippen molar-refractivity contribution in [2.75, 3.05) is 10.6 Å². The maximum absolute atomic E-state index is 12.5. The Hall–Kier alpha value is -3.09. The second kappa shape index (κ2) is 6.19. The normalized spacial score (nSPS) is 11.3. The predicted molar refractivity (Wildman–Crippen MR) is 85.8 cm³/mol. The number of anilines is 2. The summed E-state index contributed by atoms with van der Waals surface area (Å²) >= 11 is 0. The quantitative estimate of drug-likeness (QED) is 0.702. The molecule has 122 valence electrons. The Balaban J connectivity index is 1.68. The molecule has 0 saturated carbocycles. The third kappa shape index (κ3) is 3.62. The Kier molecular flexibility index (Phi) is 4.07. The van der Waals surface area contributed by atoms with Crippen molar-refractivity contribution in [3.05, 3.63) is 66.4 Å². The van der Waals surface area contributed by atoms with Gasteiger partial charge in [-0.25, -0.2) is 4.79 Å². The van der Waals surface area contributed by atoms with Gasteiger partial charge in [0.2, 0.25) is 0 Å². The lowest BCUT2D eigenvalue weighted by atomic mass is 10.2. The summed E-state index contributed by atoms with van der Waals surface area (Å²) in [6, 6.07) is 12.8. The number of aromatic nitrogens is 1. The van der Waals surface area contributed by atoms with Gasteiger partial charge in [-0.3, -0.25) is 4.98 Å². The zero-order valence-corrected chi connectivity index (χ0v) is 12.3. The number of halogens is 3. The van der Waals surface area contributed by atoms with Crippen molar-refractivity contribution in [2.24, 2.45) is 0 Å².